The zero-order valence-electron chi connectivity index (χ0n) is 18.0. The van der Waals surface area contributed by atoms with Crippen LogP contribution in [0.2, 0.25) is 0 Å². The van der Waals surface area contributed by atoms with Crippen molar-refractivity contribution in [3.05, 3.63) is 47.2 Å². The van der Waals surface area contributed by atoms with E-state index in [0.717, 1.165) is 0 Å². The maximum atomic E-state index is 13.6. The molecular weight excluding hydrogens is 429 g/mol. The van der Waals surface area contributed by atoms with Crippen molar-refractivity contribution in [2.45, 2.75) is 18.1 Å². The fourth-order valence-electron chi connectivity index (χ4n) is 3.18. The molecule has 1 aromatic heterocycles. The van der Waals surface area contributed by atoms with Crippen LogP contribution in [0.4, 0.5) is 10.2 Å². The normalized spacial score (nSPS) is 13.9. The highest BCUT2D eigenvalue weighted by molar-refractivity contribution is 7.99. The van der Waals surface area contributed by atoms with Gasteiger partial charge in [0, 0.05) is 24.1 Å². The van der Waals surface area contributed by atoms with E-state index < -0.39 is 6.17 Å². The average Bonchev–Trinajstić information content (AvgIpc) is 2.80. The molecule has 1 aliphatic heterocycles. The molecule has 0 aliphatic carbocycles. The van der Waals surface area contributed by atoms with Crippen LogP contribution in [0.1, 0.15) is 18.1 Å². The quantitative estimate of drug-likeness (QED) is 0.453. The van der Waals surface area contributed by atoms with Crippen molar-refractivity contribution < 1.29 is 13.9 Å². The Kier molecular flexibility index (Phi) is 7.93. The number of nitriles is 2. The second-order valence-electron chi connectivity index (χ2n) is 7.11. The van der Waals surface area contributed by atoms with Gasteiger partial charge >= 0.3 is 0 Å². The van der Waals surface area contributed by atoms with E-state index >= 15 is 0 Å². The third-order valence-corrected chi connectivity index (χ3v) is 6.00. The molecule has 3 rings (SSSR count). The van der Waals surface area contributed by atoms with Gasteiger partial charge in [-0.15, -0.1) is 0 Å². The summed E-state index contributed by atoms with van der Waals surface area (Å²) in [5.41, 5.74) is 8.29. The first-order valence-corrected chi connectivity index (χ1v) is 11.0. The Morgan fingerprint density at radius 1 is 1.25 bits per heavy atom. The van der Waals surface area contributed by atoms with E-state index in [9.17, 15) is 14.9 Å². The van der Waals surface area contributed by atoms with E-state index in [2.05, 4.69) is 17.1 Å². The van der Waals surface area contributed by atoms with Gasteiger partial charge in [0.05, 0.1) is 25.3 Å². The number of alkyl halides is 1. The second kappa shape index (κ2) is 10.9. The van der Waals surface area contributed by atoms with Crippen molar-refractivity contribution >= 4 is 17.6 Å². The molecule has 2 heterocycles. The number of hydrogen-bond acceptors (Lipinski definition) is 8. The first kappa shape index (κ1) is 23.4. The van der Waals surface area contributed by atoms with Gasteiger partial charge in [0.15, 0.2) is 0 Å². The molecule has 0 radical (unpaired) electrons. The van der Waals surface area contributed by atoms with Crippen LogP contribution in [0.25, 0.3) is 11.1 Å². The number of aromatic nitrogens is 1. The molecule has 0 spiro atoms. The van der Waals surface area contributed by atoms with Gasteiger partial charge in [-0.2, -0.15) is 10.5 Å². The fourth-order valence-corrected chi connectivity index (χ4v) is 4.09. The number of rotatable bonds is 9. The number of benzene rings is 1. The smallest absolute Gasteiger partial charge is 0.148 e. The van der Waals surface area contributed by atoms with Crippen LogP contribution in [0, 0.1) is 22.7 Å². The minimum absolute atomic E-state index is 0.167. The summed E-state index contributed by atoms with van der Waals surface area (Å²) in [5.74, 6) is 1.48. The molecule has 0 saturated carbocycles. The van der Waals surface area contributed by atoms with Gasteiger partial charge in [-0.25, -0.2) is 9.37 Å². The van der Waals surface area contributed by atoms with Crippen molar-refractivity contribution in [3.8, 4) is 29.0 Å². The molecule has 0 atom stereocenters. The molecule has 0 unspecified atom stereocenters. The number of hydrogen-bond donors (Lipinski definition) is 1. The number of allylic oxidation sites excluding steroid dienone is 1. The van der Waals surface area contributed by atoms with E-state index in [-0.39, 0.29) is 18.7 Å². The minimum atomic E-state index is -0.958. The minimum Gasteiger partial charge on any atom is -0.491 e. The fraction of sp³-hybridized carbons (Fsp3) is 0.348. The summed E-state index contributed by atoms with van der Waals surface area (Å²) in [6.45, 7) is 3.05. The second-order valence-corrected chi connectivity index (χ2v) is 8.07. The van der Waals surface area contributed by atoms with Gasteiger partial charge in [0.25, 0.3) is 0 Å². The Morgan fingerprint density at radius 3 is 2.50 bits per heavy atom. The lowest BCUT2D eigenvalue weighted by atomic mass is 9.95. The molecule has 0 amide bonds. The average molecular weight is 454 g/mol. The summed E-state index contributed by atoms with van der Waals surface area (Å²) in [5, 5.41) is 20.4. The van der Waals surface area contributed by atoms with E-state index in [0.29, 0.717) is 57.9 Å². The maximum absolute atomic E-state index is 13.6. The molecular formula is C23H24FN5O2S. The Balaban J connectivity index is 2.08. The van der Waals surface area contributed by atoms with Crippen LogP contribution in [0.5, 0.6) is 5.75 Å². The Morgan fingerprint density at radius 2 is 1.94 bits per heavy atom. The predicted octanol–water partition coefficient (Wildman–Crippen LogP) is 3.63. The molecule has 2 N–H and O–H groups in total. The lowest BCUT2D eigenvalue weighted by Crippen LogP contribution is -2.49. The molecule has 7 nitrogen and oxygen atoms in total. The van der Waals surface area contributed by atoms with Crippen molar-refractivity contribution in [1.29, 1.82) is 10.5 Å². The zero-order chi connectivity index (χ0) is 23.1. The predicted molar refractivity (Wildman–Crippen MR) is 122 cm³/mol. The summed E-state index contributed by atoms with van der Waals surface area (Å²) in [6.07, 6.45) is 0.830. The number of halogens is 1. The maximum Gasteiger partial charge on any atom is 0.148 e. The van der Waals surface area contributed by atoms with Gasteiger partial charge in [0.1, 0.15) is 47.1 Å². The zero-order valence-corrected chi connectivity index (χ0v) is 18.8. The summed E-state index contributed by atoms with van der Waals surface area (Å²) >= 11 is 1.32. The van der Waals surface area contributed by atoms with Gasteiger partial charge in [-0.3, -0.25) is 0 Å². The summed E-state index contributed by atoms with van der Waals surface area (Å²) in [6, 6.07) is 11.6. The van der Waals surface area contributed by atoms with Crippen LogP contribution in [0.3, 0.4) is 0 Å². The largest absolute Gasteiger partial charge is 0.491 e. The van der Waals surface area contributed by atoms with E-state index in [1.807, 2.05) is 6.92 Å². The lowest BCUT2D eigenvalue weighted by molar-refractivity contribution is 0.146. The number of ether oxygens (including phenoxy) is 2. The molecule has 1 fully saturated rings. The number of nitrogens with zero attached hydrogens (tertiary/aromatic N) is 4. The Bertz CT molecular complexity index is 1070. The number of pyridine rings is 1. The molecule has 9 heteroatoms. The molecule has 1 saturated heterocycles. The highest BCUT2D eigenvalue weighted by atomic mass is 32.2. The monoisotopic (exact) mass is 453 g/mol. The lowest BCUT2D eigenvalue weighted by Gasteiger charge is -2.36. The Hall–Kier alpha value is -3.27. The summed E-state index contributed by atoms with van der Waals surface area (Å²) < 4.78 is 24.2. The first-order valence-electron chi connectivity index (χ1n) is 10.0. The van der Waals surface area contributed by atoms with E-state index in [1.165, 1.54) is 11.8 Å². The van der Waals surface area contributed by atoms with Gasteiger partial charge in [-0.05, 0) is 24.6 Å². The molecule has 166 valence electrons. The van der Waals surface area contributed by atoms with Crippen LogP contribution in [-0.4, -0.2) is 50.3 Å². The van der Waals surface area contributed by atoms with Gasteiger partial charge < -0.3 is 20.1 Å². The van der Waals surface area contributed by atoms with E-state index in [1.54, 1.807) is 42.4 Å². The third kappa shape index (κ3) is 5.13. The van der Waals surface area contributed by atoms with Crippen molar-refractivity contribution in [1.82, 2.24) is 4.98 Å². The van der Waals surface area contributed by atoms with Gasteiger partial charge in [-0.1, -0.05) is 30.0 Å². The first-order chi connectivity index (χ1) is 15.5. The van der Waals surface area contributed by atoms with E-state index in [4.69, 9.17) is 15.2 Å². The van der Waals surface area contributed by atoms with Crippen molar-refractivity contribution in [2.75, 3.05) is 44.1 Å². The highest BCUT2D eigenvalue weighted by Crippen LogP contribution is 2.39. The SMILES string of the molecule is C/C=C(\N)CSc1nc(N2CC(F)C2)c(C#N)c(-c2ccc(OCCOC)cc2)c1C#N. The van der Waals surface area contributed by atoms with Crippen molar-refractivity contribution in [3.63, 3.8) is 0 Å². The molecule has 1 aromatic carbocycles. The number of anilines is 1. The Labute approximate surface area is 191 Å². The third-order valence-electron chi connectivity index (χ3n) is 4.95. The molecule has 1 aliphatic rings. The molecule has 2 aromatic rings. The topological polar surface area (TPSA) is 108 Å². The van der Waals surface area contributed by atoms with Crippen LogP contribution >= 0.6 is 11.8 Å². The summed E-state index contributed by atoms with van der Waals surface area (Å²) in [4.78, 5) is 6.31. The number of nitrogens with two attached hydrogens (primary N) is 1. The van der Waals surface area contributed by atoms with Crippen molar-refractivity contribution in [2.24, 2.45) is 5.73 Å². The van der Waals surface area contributed by atoms with Crippen LogP contribution < -0.4 is 15.4 Å². The van der Waals surface area contributed by atoms with Crippen LogP contribution in [-0.2, 0) is 4.74 Å². The number of methoxy groups -OCH3 is 1. The molecule has 32 heavy (non-hydrogen) atoms. The molecule has 0 bridgehead atoms. The highest BCUT2D eigenvalue weighted by Gasteiger charge is 2.32. The number of thioether (sulfide) groups is 1. The summed E-state index contributed by atoms with van der Waals surface area (Å²) in [7, 11) is 1.60. The van der Waals surface area contributed by atoms with Gasteiger partial charge in [0.2, 0.25) is 0 Å². The van der Waals surface area contributed by atoms with Crippen LogP contribution in [0.15, 0.2) is 41.1 Å². The standard InChI is InChI=1S/C23H24FN5O2S/c1-3-17(27)14-32-23-20(11-26)21(15-4-6-18(7-5-15)31-9-8-30-2)19(10-25)22(28-23)29-12-16(24)13-29/h3-7,16H,8-9,12-14,27H2,1-2H3/b17-3-.